The minimum atomic E-state index is 0.0306. The van der Waals surface area contributed by atoms with E-state index in [4.69, 9.17) is 4.74 Å². The molecule has 6 heteroatoms. The summed E-state index contributed by atoms with van der Waals surface area (Å²) in [5.74, 6) is 1.55. The average molecular weight is 348 g/mol. The smallest absolute Gasteiger partial charge is 0.255 e. The number of carbonyl (C=O) groups is 1. The molecule has 1 atom stereocenters. The third-order valence-corrected chi connectivity index (χ3v) is 4.60. The van der Waals surface area contributed by atoms with E-state index in [1.54, 1.807) is 24.5 Å². The van der Waals surface area contributed by atoms with Gasteiger partial charge in [0.2, 0.25) is 5.88 Å². The largest absolute Gasteiger partial charge is 0.438 e. The van der Waals surface area contributed by atoms with Crippen LogP contribution in [0.3, 0.4) is 0 Å². The molecule has 3 aromatic rings. The fourth-order valence-electron chi connectivity index (χ4n) is 3.28. The first-order valence-corrected chi connectivity index (χ1v) is 8.77. The number of piperidine rings is 1. The van der Waals surface area contributed by atoms with Crippen LogP contribution in [0.5, 0.6) is 11.6 Å². The minimum absolute atomic E-state index is 0.0306. The fourth-order valence-corrected chi connectivity index (χ4v) is 3.28. The maximum absolute atomic E-state index is 12.7. The number of nitrogens with zero attached hydrogens (tertiary/aromatic N) is 3. The highest BCUT2D eigenvalue weighted by Crippen LogP contribution is 2.29. The number of H-pyrrole nitrogens is 1. The van der Waals surface area contributed by atoms with E-state index in [1.165, 1.54) is 0 Å². The summed E-state index contributed by atoms with van der Waals surface area (Å²) in [5, 5.41) is 7.32. The number of pyridine rings is 1. The minimum Gasteiger partial charge on any atom is -0.438 e. The summed E-state index contributed by atoms with van der Waals surface area (Å²) in [7, 11) is 0. The number of para-hydroxylation sites is 1. The van der Waals surface area contributed by atoms with Gasteiger partial charge in [0.05, 0.1) is 5.56 Å². The molecule has 1 amide bonds. The lowest BCUT2D eigenvalue weighted by Crippen LogP contribution is -2.39. The zero-order chi connectivity index (χ0) is 17.8. The average Bonchev–Trinajstić information content (AvgIpc) is 3.17. The van der Waals surface area contributed by atoms with Gasteiger partial charge in [-0.15, -0.1) is 5.10 Å². The van der Waals surface area contributed by atoms with Crippen molar-refractivity contribution in [3.8, 4) is 11.6 Å². The monoisotopic (exact) mass is 348 g/mol. The number of amides is 1. The number of aromatic amines is 1. The normalized spacial score (nSPS) is 17.1. The maximum Gasteiger partial charge on any atom is 0.255 e. The number of benzene rings is 1. The van der Waals surface area contributed by atoms with Gasteiger partial charge in [-0.05, 0) is 37.1 Å². The maximum atomic E-state index is 12.7. The van der Waals surface area contributed by atoms with E-state index in [1.807, 2.05) is 41.3 Å². The van der Waals surface area contributed by atoms with E-state index >= 15 is 0 Å². The van der Waals surface area contributed by atoms with Gasteiger partial charge in [-0.1, -0.05) is 18.2 Å². The van der Waals surface area contributed by atoms with Crippen LogP contribution in [0.25, 0.3) is 0 Å². The first kappa shape index (κ1) is 16.3. The highest BCUT2D eigenvalue weighted by atomic mass is 16.5. The zero-order valence-electron chi connectivity index (χ0n) is 14.3. The van der Waals surface area contributed by atoms with Crippen molar-refractivity contribution in [1.29, 1.82) is 0 Å². The molecule has 1 fully saturated rings. The summed E-state index contributed by atoms with van der Waals surface area (Å²) in [6.07, 6.45) is 5.27. The van der Waals surface area contributed by atoms with Crippen LogP contribution in [0.4, 0.5) is 0 Å². The van der Waals surface area contributed by atoms with Crippen LogP contribution in [-0.4, -0.2) is 39.1 Å². The third-order valence-electron chi connectivity index (χ3n) is 4.60. The van der Waals surface area contributed by atoms with Gasteiger partial charge in [0.15, 0.2) is 0 Å². The lowest BCUT2D eigenvalue weighted by molar-refractivity contribution is 0.0705. The van der Waals surface area contributed by atoms with Gasteiger partial charge in [-0.3, -0.25) is 14.9 Å². The first-order chi connectivity index (χ1) is 12.8. The van der Waals surface area contributed by atoms with Gasteiger partial charge in [0.1, 0.15) is 5.75 Å². The summed E-state index contributed by atoms with van der Waals surface area (Å²) in [5.41, 5.74) is 1.63. The number of hydrogen-bond donors (Lipinski definition) is 1. The highest BCUT2D eigenvalue weighted by Gasteiger charge is 2.27. The first-order valence-electron chi connectivity index (χ1n) is 8.77. The quantitative estimate of drug-likeness (QED) is 0.782. The molecule has 0 aliphatic carbocycles. The molecule has 1 aliphatic rings. The van der Waals surface area contributed by atoms with Crippen molar-refractivity contribution in [3.05, 3.63) is 72.2 Å². The Labute approximate surface area is 151 Å². The SMILES string of the molecule is O=C(c1cccnc1)N1CCC[C@H](c2cc(Oc3ccccc3)n[nH]2)C1. The predicted molar refractivity (Wildman–Crippen MR) is 97.2 cm³/mol. The molecule has 0 saturated carbocycles. The molecule has 1 N–H and O–H groups in total. The summed E-state index contributed by atoms with van der Waals surface area (Å²) in [6, 6.07) is 15.1. The molecule has 132 valence electrons. The topological polar surface area (TPSA) is 71.1 Å². The molecule has 6 nitrogen and oxygen atoms in total. The van der Waals surface area contributed by atoms with Crippen molar-refractivity contribution in [3.63, 3.8) is 0 Å². The van der Waals surface area contributed by atoms with Crippen LogP contribution in [0.1, 0.15) is 34.8 Å². The lowest BCUT2D eigenvalue weighted by atomic mass is 9.94. The van der Waals surface area contributed by atoms with Crippen LogP contribution in [-0.2, 0) is 0 Å². The van der Waals surface area contributed by atoms with E-state index in [0.717, 1.165) is 30.8 Å². The second kappa shape index (κ2) is 7.39. The number of likely N-dealkylation sites (tertiary alicyclic amines) is 1. The third kappa shape index (κ3) is 3.59. The molecule has 1 aliphatic heterocycles. The van der Waals surface area contributed by atoms with Crippen LogP contribution in [0, 0.1) is 0 Å². The van der Waals surface area contributed by atoms with Crippen molar-refractivity contribution in [2.24, 2.45) is 0 Å². The van der Waals surface area contributed by atoms with Gasteiger partial charge in [-0.25, -0.2) is 0 Å². The molecule has 3 heterocycles. The fraction of sp³-hybridized carbons (Fsp3) is 0.250. The number of nitrogens with one attached hydrogen (secondary N) is 1. The summed E-state index contributed by atoms with van der Waals surface area (Å²) in [4.78, 5) is 18.6. The molecule has 0 bridgehead atoms. The number of hydrogen-bond acceptors (Lipinski definition) is 4. The van der Waals surface area contributed by atoms with Gasteiger partial charge in [-0.2, -0.15) is 0 Å². The van der Waals surface area contributed by atoms with Crippen LogP contribution in [0.2, 0.25) is 0 Å². The van der Waals surface area contributed by atoms with Gasteiger partial charge >= 0.3 is 0 Å². The standard InChI is InChI=1S/C20H20N4O2/c25-20(15-6-4-10-21-13-15)24-11-5-7-16(14-24)18-12-19(23-22-18)26-17-8-2-1-3-9-17/h1-4,6,8-10,12-13,16H,5,7,11,14H2,(H,22,23)/t16-/m0/s1. The van der Waals surface area contributed by atoms with E-state index in [9.17, 15) is 4.79 Å². The summed E-state index contributed by atoms with van der Waals surface area (Å²) >= 11 is 0. The Balaban J connectivity index is 1.44. The van der Waals surface area contributed by atoms with Crippen molar-refractivity contribution in [2.75, 3.05) is 13.1 Å². The van der Waals surface area contributed by atoms with Gasteiger partial charge in [0, 0.05) is 43.2 Å². The van der Waals surface area contributed by atoms with E-state index in [0.29, 0.717) is 18.0 Å². The van der Waals surface area contributed by atoms with Crippen LogP contribution < -0.4 is 4.74 Å². The Morgan fingerprint density at radius 2 is 2.08 bits per heavy atom. The lowest BCUT2D eigenvalue weighted by Gasteiger charge is -2.32. The molecule has 4 rings (SSSR count). The molecular formula is C20H20N4O2. The van der Waals surface area contributed by atoms with E-state index in [2.05, 4.69) is 15.2 Å². The molecule has 1 aromatic carbocycles. The molecule has 2 aromatic heterocycles. The molecule has 0 radical (unpaired) electrons. The molecule has 0 unspecified atom stereocenters. The van der Waals surface area contributed by atoms with Crippen LogP contribution >= 0.6 is 0 Å². The summed E-state index contributed by atoms with van der Waals surface area (Å²) < 4.78 is 5.76. The van der Waals surface area contributed by atoms with Crippen molar-refractivity contribution in [1.82, 2.24) is 20.1 Å². The Morgan fingerprint density at radius 3 is 2.88 bits per heavy atom. The Bertz CT molecular complexity index is 864. The van der Waals surface area contributed by atoms with Crippen LogP contribution in [0.15, 0.2) is 60.9 Å². The molecule has 0 spiro atoms. The van der Waals surface area contributed by atoms with E-state index < -0.39 is 0 Å². The molecule has 1 saturated heterocycles. The van der Waals surface area contributed by atoms with E-state index in [-0.39, 0.29) is 11.8 Å². The van der Waals surface area contributed by atoms with Crippen molar-refractivity contribution in [2.45, 2.75) is 18.8 Å². The van der Waals surface area contributed by atoms with Crippen molar-refractivity contribution < 1.29 is 9.53 Å². The Morgan fingerprint density at radius 1 is 1.19 bits per heavy atom. The predicted octanol–water partition coefficient (Wildman–Crippen LogP) is 3.62. The zero-order valence-corrected chi connectivity index (χ0v) is 14.3. The number of aromatic nitrogens is 3. The highest BCUT2D eigenvalue weighted by molar-refractivity contribution is 5.94. The molecular weight excluding hydrogens is 328 g/mol. The number of rotatable bonds is 4. The number of carbonyl (C=O) groups excluding carboxylic acids is 1. The Hall–Kier alpha value is -3.15. The van der Waals surface area contributed by atoms with Gasteiger partial charge < -0.3 is 9.64 Å². The second-order valence-electron chi connectivity index (χ2n) is 6.41. The Kier molecular flexibility index (Phi) is 4.64. The number of ether oxygens (including phenoxy) is 1. The van der Waals surface area contributed by atoms with Crippen molar-refractivity contribution >= 4 is 5.91 Å². The second-order valence-corrected chi connectivity index (χ2v) is 6.41. The molecule has 26 heavy (non-hydrogen) atoms. The van der Waals surface area contributed by atoms with Gasteiger partial charge in [0.25, 0.3) is 5.91 Å². The summed E-state index contributed by atoms with van der Waals surface area (Å²) in [6.45, 7) is 1.44.